The summed E-state index contributed by atoms with van der Waals surface area (Å²) in [5.41, 5.74) is 3.26. The van der Waals surface area contributed by atoms with E-state index in [1.54, 1.807) is 24.3 Å². The van der Waals surface area contributed by atoms with Gasteiger partial charge in [0.25, 0.3) is 5.92 Å². The van der Waals surface area contributed by atoms with Gasteiger partial charge in [0.05, 0.1) is 35.9 Å². The van der Waals surface area contributed by atoms with E-state index in [1.165, 1.54) is 4.90 Å². The largest absolute Gasteiger partial charge is 0.335 e. The summed E-state index contributed by atoms with van der Waals surface area (Å²) >= 11 is 0. The maximum atomic E-state index is 13.6. The number of alkyl halides is 2. The molecule has 0 bridgehead atoms. The van der Waals surface area contributed by atoms with Crippen molar-refractivity contribution in [3.63, 3.8) is 0 Å². The summed E-state index contributed by atoms with van der Waals surface area (Å²) in [5, 5.41) is 21.3. The lowest BCUT2D eigenvalue weighted by Crippen LogP contribution is -2.43. The van der Waals surface area contributed by atoms with Crippen LogP contribution in [0.3, 0.4) is 0 Å². The van der Waals surface area contributed by atoms with E-state index in [0.717, 1.165) is 11.1 Å². The highest BCUT2D eigenvalue weighted by Gasteiger charge is 2.43. The summed E-state index contributed by atoms with van der Waals surface area (Å²) < 4.78 is 27.2. The van der Waals surface area contributed by atoms with Crippen LogP contribution in [0, 0.1) is 22.7 Å². The van der Waals surface area contributed by atoms with Gasteiger partial charge in [0, 0.05) is 38.6 Å². The first-order valence-corrected chi connectivity index (χ1v) is 11.0. The van der Waals surface area contributed by atoms with E-state index in [1.807, 2.05) is 24.3 Å². The Kier molecular flexibility index (Phi) is 6.69. The van der Waals surface area contributed by atoms with Gasteiger partial charge in [-0.1, -0.05) is 24.3 Å². The summed E-state index contributed by atoms with van der Waals surface area (Å²) in [6.07, 6.45) is 0.256. The van der Waals surface area contributed by atoms with Crippen molar-refractivity contribution in [2.24, 2.45) is 0 Å². The summed E-state index contributed by atoms with van der Waals surface area (Å²) in [5.74, 6) is -3.06. The zero-order valence-electron chi connectivity index (χ0n) is 18.2. The minimum atomic E-state index is -2.80. The first kappa shape index (κ1) is 22.8. The van der Waals surface area contributed by atoms with Crippen LogP contribution in [-0.2, 0) is 17.9 Å². The van der Waals surface area contributed by atoms with Gasteiger partial charge in [-0.25, -0.2) is 8.78 Å². The number of nitriles is 2. The first-order valence-electron chi connectivity index (χ1n) is 11.0. The fourth-order valence-electron chi connectivity index (χ4n) is 4.48. The third kappa shape index (κ3) is 5.54. The molecule has 0 radical (unpaired) electrons. The number of hydrogen-bond donors (Lipinski definition) is 1. The number of likely N-dealkylation sites (tertiary alicyclic amines) is 1. The van der Waals surface area contributed by atoms with E-state index in [-0.39, 0.29) is 24.9 Å². The van der Waals surface area contributed by atoms with Gasteiger partial charge in [-0.15, -0.1) is 0 Å². The number of carbonyl (C=O) groups is 1. The number of amides is 1. The highest BCUT2D eigenvalue weighted by atomic mass is 19.3. The molecule has 0 aromatic heterocycles. The van der Waals surface area contributed by atoms with Crippen molar-refractivity contribution < 1.29 is 13.6 Å². The molecule has 2 aromatic carbocycles. The number of carbonyl (C=O) groups excluding carboxylic acids is 1. The molecule has 2 heterocycles. The predicted molar refractivity (Wildman–Crippen MR) is 118 cm³/mol. The first-order chi connectivity index (χ1) is 15.9. The van der Waals surface area contributed by atoms with Gasteiger partial charge in [0.1, 0.15) is 0 Å². The average Bonchev–Trinajstić information content (AvgIpc) is 3.46. The second kappa shape index (κ2) is 9.66. The quantitative estimate of drug-likeness (QED) is 0.733. The molecule has 4 rings (SSSR count). The molecule has 170 valence electrons. The van der Waals surface area contributed by atoms with Crippen molar-refractivity contribution >= 4 is 5.91 Å². The fraction of sp³-hybridized carbons (Fsp3) is 0.400. The molecule has 0 unspecified atom stereocenters. The van der Waals surface area contributed by atoms with Gasteiger partial charge in [-0.05, 0) is 41.8 Å². The topological polar surface area (TPSA) is 83.2 Å². The Morgan fingerprint density at radius 2 is 1.58 bits per heavy atom. The summed E-state index contributed by atoms with van der Waals surface area (Å²) in [6.45, 7) is 1.39. The van der Waals surface area contributed by atoms with Crippen LogP contribution in [0.15, 0.2) is 48.5 Å². The molecule has 33 heavy (non-hydrogen) atoms. The third-order valence-electron chi connectivity index (χ3n) is 6.34. The van der Waals surface area contributed by atoms with Crippen molar-refractivity contribution in [3.05, 3.63) is 70.8 Å². The van der Waals surface area contributed by atoms with Crippen LogP contribution in [0.4, 0.5) is 8.78 Å². The standard InChI is InChI=1S/C25H25F2N5O/c26-25(27)9-10-31(17-25)24(33)23-11-22(14-30-23)32(15-20-5-1-18(12-28)2-6-20)16-21-7-3-19(13-29)4-8-21/h1-8,22-23,30H,9-11,14-17H2/t22-,23-/m0/s1. The van der Waals surface area contributed by atoms with Crippen molar-refractivity contribution in [1.29, 1.82) is 10.5 Å². The fourth-order valence-corrected chi connectivity index (χ4v) is 4.48. The molecule has 2 aliphatic heterocycles. The van der Waals surface area contributed by atoms with Crippen LogP contribution in [0.5, 0.6) is 0 Å². The van der Waals surface area contributed by atoms with E-state index >= 15 is 0 Å². The lowest BCUT2D eigenvalue weighted by molar-refractivity contribution is -0.133. The van der Waals surface area contributed by atoms with Gasteiger partial charge in [0.2, 0.25) is 5.91 Å². The van der Waals surface area contributed by atoms with Gasteiger partial charge in [0.15, 0.2) is 0 Å². The normalized spacial score (nSPS) is 21.7. The summed E-state index contributed by atoms with van der Waals surface area (Å²) in [4.78, 5) is 16.3. The molecule has 0 aliphatic carbocycles. The molecule has 2 atom stereocenters. The number of nitrogens with zero attached hydrogens (tertiary/aromatic N) is 4. The Morgan fingerprint density at radius 1 is 1.03 bits per heavy atom. The lowest BCUT2D eigenvalue weighted by atomic mass is 10.1. The number of rotatable bonds is 6. The van der Waals surface area contributed by atoms with Gasteiger partial charge in [-0.2, -0.15) is 10.5 Å². The van der Waals surface area contributed by atoms with Crippen LogP contribution in [0.2, 0.25) is 0 Å². The second-order valence-electron chi connectivity index (χ2n) is 8.74. The van der Waals surface area contributed by atoms with E-state index in [9.17, 15) is 13.6 Å². The van der Waals surface area contributed by atoms with E-state index in [2.05, 4.69) is 22.4 Å². The molecular formula is C25H25F2N5O. The lowest BCUT2D eigenvalue weighted by Gasteiger charge is -2.29. The molecule has 2 aliphatic rings. The molecule has 2 saturated heterocycles. The smallest absolute Gasteiger partial charge is 0.267 e. The van der Waals surface area contributed by atoms with Gasteiger partial charge >= 0.3 is 0 Å². The molecular weight excluding hydrogens is 424 g/mol. The second-order valence-corrected chi connectivity index (χ2v) is 8.74. The Labute approximate surface area is 192 Å². The van der Waals surface area contributed by atoms with Gasteiger partial charge < -0.3 is 10.2 Å². The predicted octanol–water partition coefficient (Wildman–Crippen LogP) is 3.03. The monoisotopic (exact) mass is 449 g/mol. The molecule has 1 amide bonds. The Balaban J connectivity index is 1.48. The van der Waals surface area contributed by atoms with E-state index in [4.69, 9.17) is 10.5 Å². The van der Waals surface area contributed by atoms with Crippen LogP contribution in [0.25, 0.3) is 0 Å². The molecule has 1 N–H and O–H groups in total. The van der Waals surface area contributed by atoms with Crippen LogP contribution in [0.1, 0.15) is 35.1 Å². The summed E-state index contributed by atoms with van der Waals surface area (Å²) in [6, 6.07) is 18.6. The van der Waals surface area contributed by atoms with Crippen molar-refractivity contribution in [2.75, 3.05) is 19.6 Å². The Hall–Kier alpha value is -3.33. The molecule has 8 heteroatoms. The highest BCUT2D eigenvalue weighted by Crippen LogP contribution is 2.29. The highest BCUT2D eigenvalue weighted by molar-refractivity contribution is 5.82. The van der Waals surface area contributed by atoms with Crippen molar-refractivity contribution in [2.45, 2.75) is 43.9 Å². The maximum Gasteiger partial charge on any atom is 0.267 e. The number of hydrogen-bond acceptors (Lipinski definition) is 5. The molecule has 0 saturated carbocycles. The van der Waals surface area contributed by atoms with Crippen LogP contribution < -0.4 is 5.32 Å². The average molecular weight is 450 g/mol. The molecule has 2 fully saturated rings. The molecule has 2 aromatic rings. The zero-order chi connectivity index (χ0) is 23.4. The number of nitrogens with one attached hydrogen (secondary N) is 1. The van der Waals surface area contributed by atoms with Crippen LogP contribution in [-0.4, -0.2) is 53.3 Å². The van der Waals surface area contributed by atoms with Gasteiger partial charge in [-0.3, -0.25) is 9.69 Å². The van der Waals surface area contributed by atoms with E-state index < -0.39 is 18.5 Å². The Morgan fingerprint density at radius 3 is 2.03 bits per heavy atom. The maximum absolute atomic E-state index is 13.6. The minimum Gasteiger partial charge on any atom is -0.335 e. The molecule has 0 spiro atoms. The molecule has 6 nitrogen and oxygen atoms in total. The summed E-state index contributed by atoms with van der Waals surface area (Å²) in [7, 11) is 0. The zero-order valence-corrected chi connectivity index (χ0v) is 18.2. The van der Waals surface area contributed by atoms with Crippen molar-refractivity contribution in [3.8, 4) is 12.1 Å². The third-order valence-corrected chi connectivity index (χ3v) is 6.34. The van der Waals surface area contributed by atoms with Crippen LogP contribution >= 0.6 is 0 Å². The van der Waals surface area contributed by atoms with E-state index in [0.29, 0.717) is 37.2 Å². The minimum absolute atomic E-state index is 0.0355. The van der Waals surface area contributed by atoms with Crippen molar-refractivity contribution in [1.82, 2.24) is 15.1 Å². The number of halogens is 2. The number of benzene rings is 2. The SMILES string of the molecule is N#Cc1ccc(CN(Cc2ccc(C#N)cc2)[C@@H]2CN[C@H](C(=O)N3CCC(F)(F)C3)C2)cc1. The Bertz CT molecular complexity index is 1010.